The van der Waals surface area contributed by atoms with Crippen molar-refractivity contribution in [3.63, 3.8) is 0 Å². The normalized spacial score (nSPS) is 10.9. The van der Waals surface area contributed by atoms with Gasteiger partial charge in [-0.2, -0.15) is 0 Å². The number of hydrogen-bond donors (Lipinski definition) is 1. The van der Waals surface area contributed by atoms with Gasteiger partial charge in [-0.15, -0.1) is 0 Å². The van der Waals surface area contributed by atoms with Crippen molar-refractivity contribution in [2.75, 3.05) is 0 Å². The number of carboxylic acids is 1. The van der Waals surface area contributed by atoms with E-state index in [0.29, 0.717) is 23.2 Å². The fraction of sp³-hybridized carbons (Fsp3) is 0.357. The largest absolute Gasteiger partial charge is 0.481 e. The summed E-state index contributed by atoms with van der Waals surface area (Å²) in [6, 6.07) is 3.16. The lowest BCUT2D eigenvalue weighted by Crippen LogP contribution is -2.12. The molecule has 6 heteroatoms. The zero-order valence-electron chi connectivity index (χ0n) is 11.3. The summed E-state index contributed by atoms with van der Waals surface area (Å²) in [7, 11) is 0. The summed E-state index contributed by atoms with van der Waals surface area (Å²) in [5.74, 6) is -1.75. The minimum Gasteiger partial charge on any atom is -0.481 e. The average Bonchev–Trinajstić information content (AvgIpc) is 2.71. The fourth-order valence-corrected chi connectivity index (χ4v) is 2.22. The maximum Gasteiger partial charge on any atom is 0.419 e. The number of Topliss-reactive ketones (excluding diaryl/α,β-unsaturated/α-hetero) is 1. The number of ketones is 1. The third kappa shape index (κ3) is 2.49. The Kier molecular flexibility index (Phi) is 3.74. The predicted octanol–water partition coefficient (Wildman–Crippen LogP) is 1.97. The zero-order valence-corrected chi connectivity index (χ0v) is 11.3. The van der Waals surface area contributed by atoms with Crippen molar-refractivity contribution in [3.05, 3.63) is 33.8 Å². The second-order valence-corrected chi connectivity index (χ2v) is 4.57. The van der Waals surface area contributed by atoms with E-state index in [0.717, 1.165) is 5.56 Å². The number of nitrogens with zero attached hydrogens (tertiary/aromatic N) is 1. The van der Waals surface area contributed by atoms with Crippen LogP contribution in [0.5, 0.6) is 0 Å². The van der Waals surface area contributed by atoms with Gasteiger partial charge in [0.25, 0.3) is 0 Å². The molecule has 0 aliphatic heterocycles. The Labute approximate surface area is 114 Å². The van der Waals surface area contributed by atoms with Crippen molar-refractivity contribution in [1.29, 1.82) is 0 Å². The van der Waals surface area contributed by atoms with Crippen LogP contribution in [0.15, 0.2) is 21.3 Å². The predicted molar refractivity (Wildman–Crippen MR) is 72.1 cm³/mol. The van der Waals surface area contributed by atoms with Gasteiger partial charge in [0.2, 0.25) is 0 Å². The first-order valence-electron chi connectivity index (χ1n) is 6.33. The number of aromatic nitrogens is 1. The second kappa shape index (κ2) is 5.32. The smallest absolute Gasteiger partial charge is 0.419 e. The van der Waals surface area contributed by atoms with Gasteiger partial charge in [0, 0.05) is 18.5 Å². The highest BCUT2D eigenvalue weighted by atomic mass is 16.4. The van der Waals surface area contributed by atoms with E-state index < -0.39 is 11.7 Å². The zero-order chi connectivity index (χ0) is 14.9. The lowest BCUT2D eigenvalue weighted by atomic mass is 10.0. The van der Waals surface area contributed by atoms with Crippen LogP contribution in [-0.4, -0.2) is 21.4 Å². The third-order valence-corrected chi connectivity index (χ3v) is 3.16. The molecule has 6 nitrogen and oxygen atoms in total. The van der Waals surface area contributed by atoms with Gasteiger partial charge in [0.15, 0.2) is 11.4 Å². The molecule has 0 atom stereocenters. The molecule has 1 aromatic carbocycles. The molecule has 0 spiro atoms. The van der Waals surface area contributed by atoms with Crippen molar-refractivity contribution >= 4 is 22.9 Å². The Balaban J connectivity index is 2.46. The molecule has 0 saturated heterocycles. The van der Waals surface area contributed by atoms with Crippen molar-refractivity contribution in [3.8, 4) is 0 Å². The van der Waals surface area contributed by atoms with E-state index >= 15 is 0 Å². The van der Waals surface area contributed by atoms with E-state index in [1.807, 2.05) is 6.92 Å². The minimum atomic E-state index is -1.01. The number of hydrogen-bond acceptors (Lipinski definition) is 4. The maximum atomic E-state index is 11.9. The molecule has 0 aliphatic rings. The Morgan fingerprint density at radius 1 is 1.30 bits per heavy atom. The first kappa shape index (κ1) is 14.0. The molecule has 1 N–H and O–H groups in total. The van der Waals surface area contributed by atoms with Crippen LogP contribution in [0.2, 0.25) is 0 Å². The molecule has 0 bridgehead atoms. The van der Waals surface area contributed by atoms with E-state index in [1.54, 1.807) is 13.0 Å². The van der Waals surface area contributed by atoms with Gasteiger partial charge in [0.1, 0.15) is 0 Å². The molecule has 2 aromatic rings. The van der Waals surface area contributed by atoms with Crippen LogP contribution in [0.3, 0.4) is 0 Å². The number of benzene rings is 1. The number of carboxylic acid groups (broad SMARTS) is 1. The second-order valence-electron chi connectivity index (χ2n) is 4.57. The number of oxazole rings is 1. The van der Waals surface area contributed by atoms with Gasteiger partial charge in [-0.1, -0.05) is 0 Å². The number of aliphatic carboxylic acids is 1. The van der Waals surface area contributed by atoms with Crippen LogP contribution in [0.1, 0.15) is 35.7 Å². The van der Waals surface area contributed by atoms with E-state index in [1.165, 1.54) is 10.6 Å². The van der Waals surface area contributed by atoms with Gasteiger partial charge in [-0.25, -0.2) is 4.79 Å². The van der Waals surface area contributed by atoms with Gasteiger partial charge < -0.3 is 9.52 Å². The highest BCUT2D eigenvalue weighted by Gasteiger charge is 2.15. The SMILES string of the molecule is CCn1c(=O)oc2cc(C(=O)CCC(=O)O)cc(C)c21. The summed E-state index contributed by atoms with van der Waals surface area (Å²) in [4.78, 5) is 34.1. The molecular formula is C14H15NO5. The van der Waals surface area contributed by atoms with Crippen LogP contribution < -0.4 is 5.76 Å². The third-order valence-electron chi connectivity index (χ3n) is 3.16. The van der Waals surface area contributed by atoms with Gasteiger partial charge >= 0.3 is 11.7 Å². The van der Waals surface area contributed by atoms with Crippen LogP contribution in [0.25, 0.3) is 11.1 Å². The number of carbonyl (C=O) groups excluding carboxylic acids is 1. The summed E-state index contributed by atoms with van der Waals surface area (Å²) in [5, 5.41) is 8.59. The van der Waals surface area contributed by atoms with Gasteiger partial charge in [-0.3, -0.25) is 14.2 Å². The van der Waals surface area contributed by atoms with Crippen LogP contribution in [0, 0.1) is 6.92 Å². The summed E-state index contributed by atoms with van der Waals surface area (Å²) < 4.78 is 6.62. The number of carbonyl (C=O) groups is 2. The van der Waals surface area contributed by atoms with Crippen molar-refractivity contribution < 1.29 is 19.1 Å². The van der Waals surface area contributed by atoms with Crippen molar-refractivity contribution in [1.82, 2.24) is 4.57 Å². The molecule has 0 aliphatic carbocycles. The number of aryl methyl sites for hydroxylation is 2. The Morgan fingerprint density at radius 2 is 2.00 bits per heavy atom. The first-order valence-corrected chi connectivity index (χ1v) is 6.33. The monoisotopic (exact) mass is 277 g/mol. The van der Waals surface area contributed by atoms with Crippen molar-refractivity contribution in [2.24, 2.45) is 0 Å². The molecule has 0 fully saturated rings. The lowest BCUT2D eigenvalue weighted by molar-refractivity contribution is -0.136. The standard InChI is InChI=1S/C14H15NO5/c1-3-15-13-8(2)6-9(7-11(13)20-14(15)19)10(16)4-5-12(17)18/h6-7H,3-5H2,1-2H3,(H,17,18). The Bertz CT molecular complexity index is 738. The van der Waals surface area contributed by atoms with E-state index in [2.05, 4.69) is 0 Å². The van der Waals surface area contributed by atoms with Gasteiger partial charge in [-0.05, 0) is 31.5 Å². The Morgan fingerprint density at radius 3 is 2.60 bits per heavy atom. The van der Waals surface area contributed by atoms with Crippen molar-refractivity contribution in [2.45, 2.75) is 33.2 Å². The topological polar surface area (TPSA) is 89.5 Å². The number of fused-ring (bicyclic) bond motifs is 1. The minimum absolute atomic E-state index is 0.0704. The molecular weight excluding hydrogens is 262 g/mol. The maximum absolute atomic E-state index is 11.9. The molecule has 106 valence electrons. The molecule has 20 heavy (non-hydrogen) atoms. The van der Waals surface area contributed by atoms with E-state index in [9.17, 15) is 14.4 Å². The average molecular weight is 277 g/mol. The van der Waals surface area contributed by atoms with E-state index in [-0.39, 0.29) is 18.6 Å². The quantitative estimate of drug-likeness (QED) is 0.844. The molecule has 1 aromatic heterocycles. The van der Waals surface area contributed by atoms with Crippen LogP contribution >= 0.6 is 0 Å². The highest BCUT2D eigenvalue weighted by molar-refractivity contribution is 6.00. The first-order chi connectivity index (χ1) is 9.43. The molecule has 1 heterocycles. The van der Waals surface area contributed by atoms with Crippen LogP contribution in [0.4, 0.5) is 0 Å². The van der Waals surface area contributed by atoms with Crippen LogP contribution in [-0.2, 0) is 11.3 Å². The molecule has 2 rings (SSSR count). The summed E-state index contributed by atoms with van der Waals surface area (Å²) >= 11 is 0. The molecule has 0 saturated carbocycles. The number of rotatable bonds is 5. The van der Waals surface area contributed by atoms with E-state index in [4.69, 9.17) is 9.52 Å². The Hall–Kier alpha value is -2.37. The lowest BCUT2D eigenvalue weighted by Gasteiger charge is -2.04. The molecule has 0 unspecified atom stereocenters. The molecule has 0 radical (unpaired) electrons. The summed E-state index contributed by atoms with van der Waals surface area (Å²) in [6.45, 7) is 4.11. The fourth-order valence-electron chi connectivity index (χ4n) is 2.22. The summed E-state index contributed by atoms with van der Waals surface area (Å²) in [5.41, 5.74) is 2.16. The highest BCUT2D eigenvalue weighted by Crippen LogP contribution is 2.21. The summed E-state index contributed by atoms with van der Waals surface area (Å²) in [6.07, 6.45) is -0.283. The van der Waals surface area contributed by atoms with Gasteiger partial charge in [0.05, 0.1) is 11.9 Å². The molecule has 0 amide bonds.